The number of aliphatic hydroxyl groups is 1. The number of ether oxygens (including phenoxy) is 2. The average molecular weight is 223 g/mol. The molecule has 1 aromatic carbocycles. The van der Waals surface area contributed by atoms with Crippen molar-refractivity contribution in [2.45, 2.75) is 20.0 Å². The number of aryl methyl sites for hydroxylation is 1. The molecule has 4 nitrogen and oxygen atoms in total. The molecular weight excluding hydrogens is 206 g/mol. The summed E-state index contributed by atoms with van der Waals surface area (Å²) in [6, 6.07) is 1.95. The van der Waals surface area contributed by atoms with Crippen molar-refractivity contribution in [3.63, 3.8) is 0 Å². The largest absolute Gasteiger partial charge is 0.454 e. The lowest BCUT2D eigenvalue weighted by Gasteiger charge is -2.17. The standard InChI is InChI=1S/C12H17NO3/c1-7-4-10-12(16-6-15-10)11(8(7)2)9(14)5-13-3/h4,9,13-14H,5-6H2,1-3H3. The van der Waals surface area contributed by atoms with Crippen molar-refractivity contribution in [3.05, 3.63) is 22.8 Å². The van der Waals surface area contributed by atoms with E-state index in [4.69, 9.17) is 9.47 Å². The van der Waals surface area contributed by atoms with Crippen LogP contribution in [0.5, 0.6) is 11.5 Å². The van der Waals surface area contributed by atoms with Crippen LogP contribution in [0.25, 0.3) is 0 Å². The van der Waals surface area contributed by atoms with E-state index in [0.29, 0.717) is 12.3 Å². The van der Waals surface area contributed by atoms with Crippen molar-refractivity contribution >= 4 is 0 Å². The van der Waals surface area contributed by atoms with E-state index < -0.39 is 6.10 Å². The third-order valence-electron chi connectivity index (χ3n) is 2.96. The molecule has 0 amide bonds. The van der Waals surface area contributed by atoms with E-state index in [0.717, 1.165) is 22.4 Å². The third-order valence-corrected chi connectivity index (χ3v) is 2.96. The van der Waals surface area contributed by atoms with Gasteiger partial charge in [-0.3, -0.25) is 0 Å². The summed E-state index contributed by atoms with van der Waals surface area (Å²) in [5.41, 5.74) is 3.00. The second-order valence-electron chi connectivity index (χ2n) is 4.04. The van der Waals surface area contributed by atoms with Gasteiger partial charge < -0.3 is 19.9 Å². The number of likely N-dealkylation sites (N-methyl/N-ethyl adjacent to an activating group) is 1. The van der Waals surface area contributed by atoms with Gasteiger partial charge in [0.1, 0.15) is 0 Å². The van der Waals surface area contributed by atoms with Crippen LogP contribution in [0.4, 0.5) is 0 Å². The number of aliphatic hydroxyl groups excluding tert-OH is 1. The fourth-order valence-corrected chi connectivity index (χ4v) is 1.99. The van der Waals surface area contributed by atoms with Gasteiger partial charge in [0, 0.05) is 12.1 Å². The Kier molecular flexibility index (Phi) is 3.03. The molecule has 4 heteroatoms. The summed E-state index contributed by atoms with van der Waals surface area (Å²) in [6.45, 7) is 4.73. The molecule has 0 fully saturated rings. The highest BCUT2D eigenvalue weighted by molar-refractivity contribution is 5.56. The quantitative estimate of drug-likeness (QED) is 0.810. The van der Waals surface area contributed by atoms with E-state index in [-0.39, 0.29) is 6.79 Å². The zero-order chi connectivity index (χ0) is 11.7. The second kappa shape index (κ2) is 4.31. The summed E-state index contributed by atoms with van der Waals surface area (Å²) < 4.78 is 10.8. The Hall–Kier alpha value is -1.26. The molecule has 0 aromatic heterocycles. The van der Waals surface area contributed by atoms with E-state index in [1.165, 1.54) is 0 Å². The van der Waals surface area contributed by atoms with Crippen molar-refractivity contribution < 1.29 is 14.6 Å². The molecule has 1 heterocycles. The highest BCUT2D eigenvalue weighted by Crippen LogP contribution is 2.41. The van der Waals surface area contributed by atoms with Gasteiger partial charge in [-0.25, -0.2) is 0 Å². The van der Waals surface area contributed by atoms with Gasteiger partial charge in [0.25, 0.3) is 0 Å². The minimum atomic E-state index is -0.569. The molecule has 0 aliphatic carbocycles. The first-order valence-electron chi connectivity index (χ1n) is 5.37. The summed E-state index contributed by atoms with van der Waals surface area (Å²) in [5, 5.41) is 13.0. The molecule has 1 aliphatic rings. The Labute approximate surface area is 95.2 Å². The molecular formula is C12H17NO3. The lowest BCUT2D eigenvalue weighted by Crippen LogP contribution is -2.18. The van der Waals surface area contributed by atoms with Crippen LogP contribution in [-0.4, -0.2) is 25.5 Å². The van der Waals surface area contributed by atoms with Gasteiger partial charge in [-0.1, -0.05) is 0 Å². The van der Waals surface area contributed by atoms with Crippen LogP contribution < -0.4 is 14.8 Å². The minimum Gasteiger partial charge on any atom is -0.454 e. The van der Waals surface area contributed by atoms with Crippen LogP contribution in [0.1, 0.15) is 22.8 Å². The van der Waals surface area contributed by atoms with Crippen LogP contribution >= 0.6 is 0 Å². The molecule has 0 saturated carbocycles. The number of hydrogen-bond donors (Lipinski definition) is 2. The molecule has 2 N–H and O–H groups in total. The Morgan fingerprint density at radius 1 is 1.44 bits per heavy atom. The van der Waals surface area contributed by atoms with E-state index in [9.17, 15) is 5.11 Å². The smallest absolute Gasteiger partial charge is 0.231 e. The van der Waals surface area contributed by atoms with E-state index in [2.05, 4.69) is 5.32 Å². The fourth-order valence-electron chi connectivity index (χ4n) is 1.99. The predicted molar refractivity (Wildman–Crippen MR) is 60.9 cm³/mol. The van der Waals surface area contributed by atoms with Crippen molar-refractivity contribution in [3.8, 4) is 11.5 Å². The Bertz CT molecular complexity index is 404. The minimum absolute atomic E-state index is 0.234. The highest BCUT2D eigenvalue weighted by Gasteiger charge is 2.25. The third kappa shape index (κ3) is 1.74. The maximum atomic E-state index is 10.1. The molecule has 0 spiro atoms. The maximum absolute atomic E-state index is 10.1. The van der Waals surface area contributed by atoms with Crippen molar-refractivity contribution in [1.29, 1.82) is 0 Å². The zero-order valence-electron chi connectivity index (χ0n) is 9.83. The van der Waals surface area contributed by atoms with Gasteiger partial charge in [0.2, 0.25) is 6.79 Å². The number of rotatable bonds is 3. The first kappa shape index (κ1) is 11.2. The molecule has 1 aliphatic heterocycles. The summed E-state index contributed by atoms with van der Waals surface area (Å²) in [7, 11) is 1.81. The Balaban J connectivity index is 2.49. The summed E-state index contributed by atoms with van der Waals surface area (Å²) in [4.78, 5) is 0. The zero-order valence-corrected chi connectivity index (χ0v) is 9.83. The highest BCUT2D eigenvalue weighted by atomic mass is 16.7. The lowest BCUT2D eigenvalue weighted by atomic mass is 9.97. The normalized spacial score (nSPS) is 15.2. The van der Waals surface area contributed by atoms with Gasteiger partial charge in [-0.2, -0.15) is 0 Å². The molecule has 1 aromatic rings. The number of hydrogen-bond acceptors (Lipinski definition) is 4. The van der Waals surface area contributed by atoms with Gasteiger partial charge in [-0.05, 0) is 38.1 Å². The van der Waals surface area contributed by atoms with E-state index in [1.54, 1.807) is 0 Å². The maximum Gasteiger partial charge on any atom is 0.231 e. The van der Waals surface area contributed by atoms with Crippen LogP contribution in [-0.2, 0) is 0 Å². The van der Waals surface area contributed by atoms with Gasteiger partial charge in [0.15, 0.2) is 11.5 Å². The number of benzene rings is 1. The van der Waals surface area contributed by atoms with Crippen LogP contribution in [0.3, 0.4) is 0 Å². The summed E-state index contributed by atoms with van der Waals surface area (Å²) in [5.74, 6) is 1.42. The topological polar surface area (TPSA) is 50.7 Å². The van der Waals surface area contributed by atoms with Gasteiger partial charge in [0.05, 0.1) is 6.10 Å². The van der Waals surface area contributed by atoms with E-state index in [1.807, 2.05) is 27.0 Å². The van der Waals surface area contributed by atoms with Crippen LogP contribution in [0.15, 0.2) is 6.07 Å². The van der Waals surface area contributed by atoms with Crippen molar-refractivity contribution in [1.82, 2.24) is 5.32 Å². The van der Waals surface area contributed by atoms with E-state index >= 15 is 0 Å². The average Bonchev–Trinajstić information content (AvgIpc) is 2.67. The Morgan fingerprint density at radius 2 is 2.19 bits per heavy atom. The molecule has 2 rings (SSSR count). The number of nitrogens with one attached hydrogen (secondary N) is 1. The molecule has 0 radical (unpaired) electrons. The molecule has 16 heavy (non-hydrogen) atoms. The van der Waals surface area contributed by atoms with Gasteiger partial charge >= 0.3 is 0 Å². The molecule has 0 bridgehead atoms. The Morgan fingerprint density at radius 3 is 2.88 bits per heavy atom. The summed E-state index contributed by atoms with van der Waals surface area (Å²) >= 11 is 0. The van der Waals surface area contributed by atoms with Crippen molar-refractivity contribution in [2.75, 3.05) is 20.4 Å². The van der Waals surface area contributed by atoms with Crippen molar-refractivity contribution in [2.24, 2.45) is 0 Å². The predicted octanol–water partition coefficient (Wildman–Crippen LogP) is 1.28. The second-order valence-corrected chi connectivity index (χ2v) is 4.04. The summed E-state index contributed by atoms with van der Waals surface area (Å²) in [6.07, 6.45) is -0.569. The molecule has 0 saturated heterocycles. The van der Waals surface area contributed by atoms with Crippen LogP contribution in [0, 0.1) is 13.8 Å². The molecule has 1 atom stereocenters. The SMILES string of the molecule is CNCC(O)c1c(C)c(C)cc2c1OCO2. The van der Waals surface area contributed by atoms with Gasteiger partial charge in [-0.15, -0.1) is 0 Å². The number of fused-ring (bicyclic) bond motifs is 1. The molecule has 88 valence electrons. The first-order valence-corrected chi connectivity index (χ1v) is 5.37. The first-order chi connectivity index (χ1) is 7.65. The fraction of sp³-hybridized carbons (Fsp3) is 0.500. The molecule has 1 unspecified atom stereocenters. The monoisotopic (exact) mass is 223 g/mol. The van der Waals surface area contributed by atoms with Crippen LogP contribution in [0.2, 0.25) is 0 Å². The lowest BCUT2D eigenvalue weighted by molar-refractivity contribution is 0.157.